The maximum absolute atomic E-state index is 12.6. The van der Waals surface area contributed by atoms with E-state index in [2.05, 4.69) is 15.0 Å². The quantitative estimate of drug-likeness (QED) is 0.651. The van der Waals surface area contributed by atoms with Crippen molar-refractivity contribution in [2.75, 3.05) is 10.0 Å². The molecule has 9 heteroatoms. The smallest absolute Gasteiger partial charge is 0.263 e. The number of nitrogens with one attached hydrogen (secondary N) is 2. The molecule has 140 valence electrons. The van der Waals surface area contributed by atoms with Gasteiger partial charge in [0.25, 0.3) is 15.9 Å². The molecule has 0 saturated heterocycles. The first kappa shape index (κ1) is 18.1. The predicted molar refractivity (Wildman–Crippen MR) is 108 cm³/mol. The summed E-state index contributed by atoms with van der Waals surface area (Å²) in [6.45, 7) is 0. The van der Waals surface area contributed by atoms with E-state index in [0.717, 1.165) is 30.4 Å². The number of aryl methyl sites for hydroxylation is 1. The Morgan fingerprint density at radius 2 is 1.85 bits per heavy atom. The molecule has 27 heavy (non-hydrogen) atoms. The summed E-state index contributed by atoms with van der Waals surface area (Å²) in [6.07, 6.45) is 5.82. The van der Waals surface area contributed by atoms with E-state index in [1.165, 1.54) is 41.0 Å². The van der Waals surface area contributed by atoms with Crippen LogP contribution < -0.4 is 10.0 Å². The lowest BCUT2D eigenvalue weighted by Crippen LogP contribution is -2.15. The molecule has 1 amide bonds. The highest BCUT2D eigenvalue weighted by molar-refractivity contribution is 7.93. The largest absolute Gasteiger partial charge is 0.322 e. The highest BCUT2D eigenvalue weighted by atomic mass is 32.2. The standard InChI is InChI=1S/C18H17N3O3S3/c22-17(15-11-26-16-4-2-1-3-14(15)16)20-12-5-7-13(8-6-12)27(23,24)21-18-19-9-10-25-18/h5-11H,1-4H2,(H,19,21)(H,20,22). The van der Waals surface area contributed by atoms with Crippen LogP contribution in [0.1, 0.15) is 33.6 Å². The van der Waals surface area contributed by atoms with Crippen LogP contribution in [0.15, 0.2) is 46.1 Å². The van der Waals surface area contributed by atoms with Crippen molar-refractivity contribution in [3.05, 3.63) is 57.2 Å². The number of thiazole rings is 1. The molecule has 0 radical (unpaired) electrons. The third-order valence-corrected chi connectivity index (χ3v) is 7.64. The van der Waals surface area contributed by atoms with Gasteiger partial charge < -0.3 is 5.32 Å². The topological polar surface area (TPSA) is 88.2 Å². The Hall–Kier alpha value is -2.23. The fourth-order valence-corrected chi connectivity index (χ4v) is 5.96. The second-order valence-corrected chi connectivity index (χ2v) is 9.72. The van der Waals surface area contributed by atoms with Gasteiger partial charge in [0.05, 0.1) is 10.5 Å². The summed E-state index contributed by atoms with van der Waals surface area (Å²) >= 11 is 2.85. The number of amides is 1. The number of aromatic nitrogens is 1. The monoisotopic (exact) mass is 419 g/mol. The average molecular weight is 420 g/mol. The minimum atomic E-state index is -3.70. The molecule has 2 aromatic heterocycles. The number of fused-ring (bicyclic) bond motifs is 1. The number of sulfonamides is 1. The molecule has 2 N–H and O–H groups in total. The number of rotatable bonds is 5. The first-order valence-electron chi connectivity index (χ1n) is 8.46. The van der Waals surface area contributed by atoms with E-state index in [1.807, 2.05) is 5.38 Å². The second kappa shape index (κ2) is 7.41. The van der Waals surface area contributed by atoms with Crippen LogP contribution in [0.4, 0.5) is 10.8 Å². The van der Waals surface area contributed by atoms with Gasteiger partial charge in [-0.05, 0) is 55.5 Å². The molecule has 0 fully saturated rings. The molecule has 0 atom stereocenters. The van der Waals surface area contributed by atoms with Crippen molar-refractivity contribution >= 4 is 49.4 Å². The minimum absolute atomic E-state index is 0.114. The van der Waals surface area contributed by atoms with Gasteiger partial charge in [0, 0.05) is 27.5 Å². The van der Waals surface area contributed by atoms with E-state index >= 15 is 0 Å². The Balaban J connectivity index is 1.48. The third-order valence-electron chi connectivity index (χ3n) is 4.38. The number of carbonyl (C=O) groups is 1. The van der Waals surface area contributed by atoms with Crippen molar-refractivity contribution in [1.29, 1.82) is 0 Å². The summed E-state index contributed by atoms with van der Waals surface area (Å²) in [4.78, 5) is 17.9. The van der Waals surface area contributed by atoms with Gasteiger partial charge in [-0.3, -0.25) is 9.52 Å². The number of benzene rings is 1. The van der Waals surface area contributed by atoms with Crippen LogP contribution in [0, 0.1) is 0 Å². The molecule has 0 saturated carbocycles. The molecule has 0 spiro atoms. The van der Waals surface area contributed by atoms with Crippen molar-refractivity contribution in [2.24, 2.45) is 0 Å². The average Bonchev–Trinajstić information content (AvgIpc) is 3.31. The van der Waals surface area contributed by atoms with Gasteiger partial charge in [0.1, 0.15) is 0 Å². The minimum Gasteiger partial charge on any atom is -0.322 e. The zero-order chi connectivity index (χ0) is 18.9. The number of anilines is 2. The van der Waals surface area contributed by atoms with Crippen LogP contribution in [0.2, 0.25) is 0 Å². The summed E-state index contributed by atoms with van der Waals surface area (Å²) < 4.78 is 27.1. The van der Waals surface area contributed by atoms with Gasteiger partial charge in [-0.15, -0.1) is 22.7 Å². The van der Waals surface area contributed by atoms with Gasteiger partial charge in [0.15, 0.2) is 5.13 Å². The van der Waals surface area contributed by atoms with Crippen LogP contribution in [-0.4, -0.2) is 19.3 Å². The van der Waals surface area contributed by atoms with E-state index in [1.54, 1.807) is 28.8 Å². The van der Waals surface area contributed by atoms with Crippen LogP contribution >= 0.6 is 22.7 Å². The predicted octanol–water partition coefficient (Wildman–Crippen LogP) is 4.14. The summed E-state index contributed by atoms with van der Waals surface area (Å²) in [5.41, 5.74) is 2.45. The number of carbonyl (C=O) groups excluding carboxylic acids is 1. The fourth-order valence-electron chi connectivity index (χ4n) is 3.05. The maximum Gasteiger partial charge on any atom is 0.263 e. The molecule has 2 heterocycles. The van der Waals surface area contributed by atoms with Gasteiger partial charge in [-0.1, -0.05) is 0 Å². The van der Waals surface area contributed by atoms with Crippen molar-refractivity contribution in [1.82, 2.24) is 4.98 Å². The summed E-state index contributed by atoms with van der Waals surface area (Å²) in [6, 6.07) is 6.11. The number of hydrogen-bond donors (Lipinski definition) is 2. The Kier molecular flexibility index (Phi) is 4.98. The molecule has 3 aromatic rings. The summed E-state index contributed by atoms with van der Waals surface area (Å²) in [5.74, 6) is -0.147. The summed E-state index contributed by atoms with van der Waals surface area (Å²) in [7, 11) is -3.70. The number of hydrogen-bond acceptors (Lipinski definition) is 6. The Morgan fingerprint density at radius 3 is 2.59 bits per heavy atom. The lowest BCUT2D eigenvalue weighted by atomic mass is 9.95. The number of thiophene rings is 1. The van der Waals surface area contributed by atoms with E-state index in [9.17, 15) is 13.2 Å². The van der Waals surface area contributed by atoms with Gasteiger partial charge in [-0.25, -0.2) is 13.4 Å². The first-order chi connectivity index (χ1) is 13.0. The lowest BCUT2D eigenvalue weighted by Gasteiger charge is -2.13. The van der Waals surface area contributed by atoms with Crippen molar-refractivity contribution in [2.45, 2.75) is 30.6 Å². The van der Waals surface area contributed by atoms with E-state index in [-0.39, 0.29) is 10.8 Å². The van der Waals surface area contributed by atoms with Crippen LogP contribution in [0.3, 0.4) is 0 Å². The molecule has 1 aliphatic carbocycles. The molecule has 1 aliphatic rings. The molecule has 4 rings (SSSR count). The Morgan fingerprint density at radius 1 is 1.07 bits per heavy atom. The molecule has 1 aromatic carbocycles. The van der Waals surface area contributed by atoms with Gasteiger partial charge in [0.2, 0.25) is 0 Å². The third kappa shape index (κ3) is 3.90. The summed E-state index contributed by atoms with van der Waals surface area (Å²) in [5, 5.41) is 6.79. The van der Waals surface area contributed by atoms with Crippen LogP contribution in [0.5, 0.6) is 0 Å². The molecule has 0 bridgehead atoms. The van der Waals surface area contributed by atoms with Crippen molar-refractivity contribution in [3.8, 4) is 0 Å². The Bertz CT molecular complexity index is 1060. The van der Waals surface area contributed by atoms with E-state index < -0.39 is 10.0 Å². The molecular formula is C18H17N3O3S3. The maximum atomic E-state index is 12.6. The van der Waals surface area contributed by atoms with Crippen LogP contribution in [-0.2, 0) is 22.9 Å². The highest BCUT2D eigenvalue weighted by Gasteiger charge is 2.20. The molecule has 0 unspecified atom stereocenters. The zero-order valence-electron chi connectivity index (χ0n) is 14.3. The van der Waals surface area contributed by atoms with E-state index in [4.69, 9.17) is 0 Å². The normalized spacial score (nSPS) is 13.8. The Labute approximate surface area is 165 Å². The second-order valence-electron chi connectivity index (χ2n) is 6.18. The first-order valence-corrected chi connectivity index (χ1v) is 11.7. The highest BCUT2D eigenvalue weighted by Crippen LogP contribution is 2.30. The van der Waals surface area contributed by atoms with E-state index in [0.29, 0.717) is 10.8 Å². The molecule has 6 nitrogen and oxygen atoms in total. The SMILES string of the molecule is O=C(Nc1ccc(S(=O)(=O)Nc2nccs2)cc1)c1csc2c1CCCC2. The van der Waals surface area contributed by atoms with Crippen molar-refractivity contribution < 1.29 is 13.2 Å². The number of nitrogens with zero attached hydrogens (tertiary/aromatic N) is 1. The van der Waals surface area contributed by atoms with Crippen LogP contribution in [0.25, 0.3) is 0 Å². The molecule has 0 aliphatic heterocycles. The van der Waals surface area contributed by atoms with Gasteiger partial charge in [-0.2, -0.15) is 0 Å². The lowest BCUT2D eigenvalue weighted by molar-refractivity contribution is 0.102. The zero-order valence-corrected chi connectivity index (χ0v) is 16.7. The fraction of sp³-hybridized carbons (Fsp3) is 0.222. The van der Waals surface area contributed by atoms with Gasteiger partial charge >= 0.3 is 0 Å². The molecular weight excluding hydrogens is 402 g/mol. The van der Waals surface area contributed by atoms with Crippen molar-refractivity contribution in [3.63, 3.8) is 0 Å².